The van der Waals surface area contributed by atoms with Crippen LogP contribution in [0.15, 0.2) is 30.3 Å². The largest absolute Gasteiger partial charge is 0.491 e. The Hall–Kier alpha value is -0.400. The van der Waals surface area contributed by atoms with Gasteiger partial charge in [-0.2, -0.15) is 0 Å². The highest BCUT2D eigenvalue weighted by Crippen LogP contribution is 2.16. The molecule has 1 atom stereocenters. The second-order valence-corrected chi connectivity index (χ2v) is 4.15. The first-order valence-corrected chi connectivity index (χ1v) is 5.05. The second kappa shape index (κ2) is 5.36. The van der Waals surface area contributed by atoms with Crippen LogP contribution in [0.4, 0.5) is 0 Å². The first-order valence-electron chi connectivity index (χ1n) is 4.18. The van der Waals surface area contributed by atoms with E-state index in [-0.39, 0.29) is 10.9 Å². The van der Waals surface area contributed by atoms with E-state index in [9.17, 15) is 0 Å². The Bertz CT molecular complexity index is 236. The third kappa shape index (κ3) is 4.39. The molecule has 3 heteroatoms. The molecule has 0 radical (unpaired) electrons. The zero-order valence-corrected chi connectivity index (χ0v) is 8.92. The van der Waals surface area contributed by atoms with Gasteiger partial charge in [0.25, 0.3) is 0 Å². The Balaban J connectivity index is 2.41. The molecule has 0 aliphatic heterocycles. The average Bonchev–Trinajstić information content (AvgIpc) is 2.04. The predicted octanol–water partition coefficient (Wildman–Crippen LogP) is 3.65. The molecule has 0 heterocycles. The van der Waals surface area contributed by atoms with Crippen LogP contribution in [0.25, 0.3) is 0 Å². The SMILES string of the molecule is CC(CC(Cl)Cl)Oc1ccccc1. The summed E-state index contributed by atoms with van der Waals surface area (Å²) >= 11 is 11.2. The van der Waals surface area contributed by atoms with Crippen molar-refractivity contribution in [3.05, 3.63) is 30.3 Å². The third-order valence-electron chi connectivity index (χ3n) is 1.59. The van der Waals surface area contributed by atoms with Crippen molar-refractivity contribution in [2.45, 2.75) is 24.3 Å². The number of hydrogen-bond acceptors (Lipinski definition) is 1. The average molecular weight is 219 g/mol. The van der Waals surface area contributed by atoms with E-state index in [1.807, 2.05) is 37.3 Å². The van der Waals surface area contributed by atoms with Crippen molar-refractivity contribution >= 4 is 23.2 Å². The van der Waals surface area contributed by atoms with E-state index in [2.05, 4.69) is 0 Å². The molecule has 1 nitrogen and oxygen atoms in total. The number of benzene rings is 1. The summed E-state index contributed by atoms with van der Waals surface area (Å²) < 4.78 is 5.56. The van der Waals surface area contributed by atoms with Crippen LogP contribution in [-0.2, 0) is 0 Å². The molecule has 0 aliphatic carbocycles. The number of para-hydroxylation sites is 1. The molecule has 72 valence electrons. The maximum atomic E-state index is 5.62. The topological polar surface area (TPSA) is 9.23 Å². The molecule has 0 N–H and O–H groups in total. The molecular formula is C10H12Cl2O. The molecule has 0 aromatic heterocycles. The molecule has 0 saturated heterocycles. The lowest BCUT2D eigenvalue weighted by molar-refractivity contribution is 0.215. The van der Waals surface area contributed by atoms with Crippen LogP contribution in [0, 0.1) is 0 Å². The summed E-state index contributed by atoms with van der Waals surface area (Å²) in [7, 11) is 0. The van der Waals surface area contributed by atoms with Gasteiger partial charge in [0.2, 0.25) is 0 Å². The highest BCUT2D eigenvalue weighted by Gasteiger charge is 2.08. The summed E-state index contributed by atoms with van der Waals surface area (Å²) in [6.45, 7) is 1.95. The minimum absolute atomic E-state index is 0.0439. The highest BCUT2D eigenvalue weighted by molar-refractivity contribution is 6.44. The zero-order chi connectivity index (χ0) is 9.68. The molecule has 1 aromatic rings. The molecule has 0 amide bonds. The van der Waals surface area contributed by atoms with Crippen molar-refractivity contribution in [2.75, 3.05) is 0 Å². The van der Waals surface area contributed by atoms with Crippen LogP contribution in [0.5, 0.6) is 5.75 Å². The van der Waals surface area contributed by atoms with E-state index in [1.165, 1.54) is 0 Å². The van der Waals surface area contributed by atoms with E-state index in [1.54, 1.807) is 0 Å². The quantitative estimate of drug-likeness (QED) is 0.702. The number of ether oxygens (including phenoxy) is 1. The van der Waals surface area contributed by atoms with Crippen molar-refractivity contribution in [3.8, 4) is 5.75 Å². The van der Waals surface area contributed by atoms with Gasteiger partial charge in [-0.1, -0.05) is 18.2 Å². The van der Waals surface area contributed by atoms with Crippen LogP contribution >= 0.6 is 23.2 Å². The molecule has 0 spiro atoms. The summed E-state index contributed by atoms with van der Waals surface area (Å²) in [5, 5.41) is 0. The van der Waals surface area contributed by atoms with Gasteiger partial charge < -0.3 is 4.74 Å². The number of alkyl halides is 2. The summed E-state index contributed by atoms with van der Waals surface area (Å²) in [5.74, 6) is 0.851. The monoisotopic (exact) mass is 218 g/mol. The fourth-order valence-electron chi connectivity index (χ4n) is 1.03. The Labute approximate surface area is 88.6 Å². The summed E-state index contributed by atoms with van der Waals surface area (Å²) in [5.41, 5.74) is 0. The van der Waals surface area contributed by atoms with Crippen molar-refractivity contribution in [2.24, 2.45) is 0 Å². The first-order chi connectivity index (χ1) is 6.18. The molecule has 0 bridgehead atoms. The van der Waals surface area contributed by atoms with Gasteiger partial charge in [0, 0.05) is 6.42 Å². The lowest BCUT2D eigenvalue weighted by Crippen LogP contribution is -2.14. The van der Waals surface area contributed by atoms with Gasteiger partial charge >= 0.3 is 0 Å². The predicted molar refractivity (Wildman–Crippen MR) is 56.6 cm³/mol. The lowest BCUT2D eigenvalue weighted by Gasteiger charge is -2.14. The molecule has 0 saturated carbocycles. The van der Waals surface area contributed by atoms with Crippen molar-refractivity contribution in [3.63, 3.8) is 0 Å². The Morgan fingerprint density at radius 1 is 1.23 bits per heavy atom. The van der Waals surface area contributed by atoms with Gasteiger partial charge in [-0.25, -0.2) is 0 Å². The fourth-order valence-corrected chi connectivity index (χ4v) is 1.53. The van der Waals surface area contributed by atoms with Gasteiger partial charge in [-0.15, -0.1) is 23.2 Å². The molecule has 0 fully saturated rings. The summed E-state index contributed by atoms with van der Waals surface area (Å²) in [6, 6.07) is 9.63. The molecule has 1 unspecified atom stereocenters. The Morgan fingerprint density at radius 3 is 2.38 bits per heavy atom. The van der Waals surface area contributed by atoms with Gasteiger partial charge in [0.1, 0.15) is 10.6 Å². The number of hydrogen-bond donors (Lipinski definition) is 0. The van der Waals surface area contributed by atoms with E-state index in [4.69, 9.17) is 27.9 Å². The van der Waals surface area contributed by atoms with Gasteiger partial charge in [0.05, 0.1) is 6.10 Å². The van der Waals surface area contributed by atoms with Crippen molar-refractivity contribution in [1.82, 2.24) is 0 Å². The molecule has 0 aliphatic rings. The standard InChI is InChI=1S/C10H12Cl2O/c1-8(7-10(11)12)13-9-5-3-2-4-6-9/h2-6,8,10H,7H2,1H3. The van der Waals surface area contributed by atoms with E-state index in [0.717, 1.165) is 5.75 Å². The molecule has 1 rings (SSSR count). The fraction of sp³-hybridized carbons (Fsp3) is 0.400. The lowest BCUT2D eigenvalue weighted by atomic mass is 10.3. The van der Waals surface area contributed by atoms with Crippen LogP contribution < -0.4 is 4.74 Å². The van der Waals surface area contributed by atoms with Crippen LogP contribution in [-0.4, -0.2) is 10.9 Å². The first kappa shape index (κ1) is 10.7. The molecular weight excluding hydrogens is 207 g/mol. The Kier molecular flexibility index (Phi) is 4.40. The maximum absolute atomic E-state index is 5.62. The van der Waals surface area contributed by atoms with Crippen LogP contribution in [0.3, 0.4) is 0 Å². The van der Waals surface area contributed by atoms with Gasteiger partial charge in [-0.05, 0) is 19.1 Å². The van der Waals surface area contributed by atoms with Gasteiger partial charge in [-0.3, -0.25) is 0 Å². The zero-order valence-electron chi connectivity index (χ0n) is 7.41. The highest BCUT2D eigenvalue weighted by atomic mass is 35.5. The summed E-state index contributed by atoms with van der Waals surface area (Å²) in [4.78, 5) is -0.362. The van der Waals surface area contributed by atoms with Crippen molar-refractivity contribution in [1.29, 1.82) is 0 Å². The normalized spacial score (nSPS) is 12.9. The second-order valence-electron chi connectivity index (χ2n) is 2.87. The van der Waals surface area contributed by atoms with Gasteiger partial charge in [0.15, 0.2) is 0 Å². The van der Waals surface area contributed by atoms with Crippen LogP contribution in [0.1, 0.15) is 13.3 Å². The number of halogens is 2. The van der Waals surface area contributed by atoms with Crippen molar-refractivity contribution < 1.29 is 4.74 Å². The minimum atomic E-state index is -0.362. The van der Waals surface area contributed by atoms with E-state index >= 15 is 0 Å². The van der Waals surface area contributed by atoms with E-state index in [0.29, 0.717) is 6.42 Å². The summed E-state index contributed by atoms with van der Waals surface area (Å²) in [6.07, 6.45) is 0.681. The number of rotatable bonds is 4. The van der Waals surface area contributed by atoms with E-state index < -0.39 is 0 Å². The third-order valence-corrected chi connectivity index (χ3v) is 1.95. The Morgan fingerprint density at radius 2 is 1.85 bits per heavy atom. The maximum Gasteiger partial charge on any atom is 0.119 e. The minimum Gasteiger partial charge on any atom is -0.491 e. The molecule has 1 aromatic carbocycles. The van der Waals surface area contributed by atoms with Crippen LogP contribution in [0.2, 0.25) is 0 Å². The smallest absolute Gasteiger partial charge is 0.119 e. The molecule has 13 heavy (non-hydrogen) atoms.